The molecule has 3 heteroatoms. The first-order chi connectivity index (χ1) is 6.54. The summed E-state index contributed by atoms with van der Waals surface area (Å²) in [5.74, 6) is 0. The largest absolute Gasteiger partial charge is 0.383 e. The number of likely N-dealkylation sites (N-methyl/N-ethyl adjacent to an activating group) is 2. The zero-order valence-electron chi connectivity index (χ0n) is 10.6. The van der Waals surface area contributed by atoms with E-state index in [1.807, 2.05) is 7.05 Å². The molecule has 0 aliphatic heterocycles. The molecule has 0 radical (unpaired) electrons. The monoisotopic (exact) mass is 202 g/mol. The molecule has 0 aliphatic rings. The van der Waals surface area contributed by atoms with Crippen molar-refractivity contribution in [1.29, 1.82) is 0 Å². The maximum atomic E-state index is 5.23. The molecule has 0 saturated heterocycles. The van der Waals surface area contributed by atoms with Crippen LogP contribution in [0.1, 0.15) is 27.7 Å². The molecule has 3 nitrogen and oxygen atoms in total. The fraction of sp³-hybridized carbons (Fsp3) is 1.00. The van der Waals surface area contributed by atoms with Gasteiger partial charge in [-0.05, 0) is 34.0 Å². The zero-order valence-corrected chi connectivity index (χ0v) is 10.6. The highest BCUT2D eigenvalue weighted by Gasteiger charge is 2.32. The summed E-state index contributed by atoms with van der Waals surface area (Å²) in [6.07, 6.45) is 0. The van der Waals surface area contributed by atoms with Crippen molar-refractivity contribution < 1.29 is 4.74 Å². The molecule has 0 saturated carbocycles. The van der Waals surface area contributed by atoms with Gasteiger partial charge in [0.1, 0.15) is 0 Å². The lowest BCUT2D eigenvalue weighted by Crippen LogP contribution is -2.58. The number of ether oxygens (including phenoxy) is 1. The van der Waals surface area contributed by atoms with Crippen LogP contribution in [0, 0.1) is 0 Å². The minimum Gasteiger partial charge on any atom is -0.383 e. The van der Waals surface area contributed by atoms with Gasteiger partial charge >= 0.3 is 0 Å². The van der Waals surface area contributed by atoms with Gasteiger partial charge in [0, 0.05) is 18.7 Å². The smallest absolute Gasteiger partial charge is 0.0633 e. The van der Waals surface area contributed by atoms with Gasteiger partial charge in [0.15, 0.2) is 0 Å². The predicted octanol–water partition coefficient (Wildman–Crippen LogP) is 1.34. The minimum absolute atomic E-state index is 0.133. The molecular formula is C11H26N2O. The molecule has 0 amide bonds. The summed E-state index contributed by atoms with van der Waals surface area (Å²) in [7, 11) is 3.75. The minimum atomic E-state index is 0.133. The first kappa shape index (κ1) is 13.9. The van der Waals surface area contributed by atoms with Crippen molar-refractivity contribution in [3.05, 3.63) is 0 Å². The molecule has 0 heterocycles. The zero-order chi connectivity index (χ0) is 11.2. The van der Waals surface area contributed by atoms with Gasteiger partial charge in [0.25, 0.3) is 0 Å². The van der Waals surface area contributed by atoms with E-state index in [-0.39, 0.29) is 5.54 Å². The van der Waals surface area contributed by atoms with Gasteiger partial charge in [-0.1, -0.05) is 13.8 Å². The maximum Gasteiger partial charge on any atom is 0.0633 e. The van der Waals surface area contributed by atoms with E-state index in [2.05, 4.69) is 37.9 Å². The van der Waals surface area contributed by atoms with Gasteiger partial charge in [-0.3, -0.25) is 4.90 Å². The molecule has 14 heavy (non-hydrogen) atoms. The molecule has 0 aromatic heterocycles. The third-order valence-electron chi connectivity index (χ3n) is 3.11. The second-order valence-electron chi connectivity index (χ2n) is 4.12. The van der Waals surface area contributed by atoms with E-state index < -0.39 is 0 Å². The number of methoxy groups -OCH3 is 1. The van der Waals surface area contributed by atoms with E-state index in [4.69, 9.17) is 4.74 Å². The first-order valence-corrected chi connectivity index (χ1v) is 5.45. The summed E-state index contributed by atoms with van der Waals surface area (Å²) in [4.78, 5) is 2.45. The maximum absolute atomic E-state index is 5.23. The topological polar surface area (TPSA) is 24.5 Å². The van der Waals surface area contributed by atoms with Crippen LogP contribution >= 0.6 is 0 Å². The normalized spacial score (nSPS) is 14.8. The second kappa shape index (κ2) is 6.38. The quantitative estimate of drug-likeness (QED) is 0.674. The molecule has 0 bridgehead atoms. The van der Waals surface area contributed by atoms with Gasteiger partial charge in [0.2, 0.25) is 0 Å². The van der Waals surface area contributed by atoms with Gasteiger partial charge in [-0.25, -0.2) is 0 Å². The lowest BCUT2D eigenvalue weighted by Gasteiger charge is -2.43. The summed E-state index contributed by atoms with van der Waals surface area (Å²) in [5.41, 5.74) is 0.133. The fourth-order valence-electron chi connectivity index (χ4n) is 2.07. The van der Waals surface area contributed by atoms with Crippen molar-refractivity contribution in [3.63, 3.8) is 0 Å². The van der Waals surface area contributed by atoms with E-state index in [0.29, 0.717) is 6.04 Å². The molecule has 1 N–H and O–H groups in total. The Bertz CT molecular complexity index is 144. The Morgan fingerprint density at radius 1 is 1.29 bits per heavy atom. The standard InChI is InChI=1S/C11H26N2O/c1-7-13(8-2)11(3,4)10(12-5)9-14-6/h10,12H,7-9H2,1-6H3. The van der Waals surface area contributed by atoms with Crippen molar-refractivity contribution in [3.8, 4) is 0 Å². The summed E-state index contributed by atoms with van der Waals surface area (Å²) < 4.78 is 5.23. The Balaban J connectivity index is 4.51. The Morgan fingerprint density at radius 2 is 1.79 bits per heavy atom. The van der Waals surface area contributed by atoms with Gasteiger partial charge in [0.05, 0.1) is 6.61 Å². The molecule has 0 spiro atoms. The Labute approximate surface area is 88.8 Å². The van der Waals surface area contributed by atoms with Crippen molar-refractivity contribution in [2.24, 2.45) is 0 Å². The van der Waals surface area contributed by atoms with Crippen LogP contribution in [0.15, 0.2) is 0 Å². The highest BCUT2D eigenvalue weighted by Crippen LogP contribution is 2.18. The van der Waals surface area contributed by atoms with Crippen LogP contribution in [0.25, 0.3) is 0 Å². The molecule has 0 rings (SSSR count). The third-order valence-corrected chi connectivity index (χ3v) is 3.11. The number of nitrogens with one attached hydrogen (secondary N) is 1. The van der Waals surface area contributed by atoms with Crippen LogP contribution in [0.3, 0.4) is 0 Å². The van der Waals surface area contributed by atoms with E-state index in [1.54, 1.807) is 7.11 Å². The van der Waals surface area contributed by atoms with Crippen molar-refractivity contribution in [2.75, 3.05) is 33.9 Å². The van der Waals surface area contributed by atoms with Crippen molar-refractivity contribution in [2.45, 2.75) is 39.3 Å². The third kappa shape index (κ3) is 3.23. The van der Waals surface area contributed by atoms with Crippen LogP contribution < -0.4 is 5.32 Å². The van der Waals surface area contributed by atoms with Crippen molar-refractivity contribution >= 4 is 0 Å². The van der Waals surface area contributed by atoms with Crippen LogP contribution in [0.2, 0.25) is 0 Å². The summed E-state index contributed by atoms with van der Waals surface area (Å²) in [5, 5.41) is 3.33. The average Bonchev–Trinajstić information content (AvgIpc) is 2.15. The molecule has 1 atom stereocenters. The molecule has 0 aliphatic carbocycles. The second-order valence-corrected chi connectivity index (χ2v) is 4.12. The number of rotatable bonds is 7. The first-order valence-electron chi connectivity index (χ1n) is 5.45. The van der Waals surface area contributed by atoms with Crippen LogP contribution in [-0.2, 0) is 4.74 Å². The molecular weight excluding hydrogens is 176 g/mol. The summed E-state index contributed by atoms with van der Waals surface area (Å²) in [6, 6.07) is 0.368. The Morgan fingerprint density at radius 3 is 2.07 bits per heavy atom. The van der Waals surface area contributed by atoms with Crippen molar-refractivity contribution in [1.82, 2.24) is 10.2 Å². The fourth-order valence-corrected chi connectivity index (χ4v) is 2.07. The molecule has 0 aromatic carbocycles. The summed E-state index contributed by atoms with van der Waals surface area (Å²) in [6.45, 7) is 11.8. The molecule has 1 unspecified atom stereocenters. The Kier molecular flexibility index (Phi) is 6.33. The van der Waals surface area contributed by atoms with E-state index in [1.165, 1.54) is 0 Å². The number of nitrogens with zero attached hydrogens (tertiary/aromatic N) is 1. The van der Waals surface area contributed by atoms with Gasteiger partial charge in [-0.15, -0.1) is 0 Å². The highest BCUT2D eigenvalue weighted by atomic mass is 16.5. The SMILES string of the molecule is CCN(CC)C(C)(C)C(COC)NC. The van der Waals surface area contributed by atoms with Crippen LogP contribution in [0.4, 0.5) is 0 Å². The lowest BCUT2D eigenvalue weighted by molar-refractivity contribution is 0.0499. The van der Waals surface area contributed by atoms with E-state index >= 15 is 0 Å². The van der Waals surface area contributed by atoms with Gasteiger partial charge < -0.3 is 10.1 Å². The molecule has 0 aromatic rings. The molecule has 86 valence electrons. The Hall–Kier alpha value is -0.120. The summed E-state index contributed by atoms with van der Waals surface area (Å²) >= 11 is 0. The highest BCUT2D eigenvalue weighted by molar-refractivity contribution is 4.92. The average molecular weight is 202 g/mol. The number of hydrogen-bond donors (Lipinski definition) is 1. The molecule has 0 fully saturated rings. The predicted molar refractivity (Wildman–Crippen MR) is 61.7 cm³/mol. The lowest BCUT2D eigenvalue weighted by atomic mass is 9.92. The van der Waals surface area contributed by atoms with E-state index in [9.17, 15) is 0 Å². The van der Waals surface area contributed by atoms with Crippen LogP contribution in [0.5, 0.6) is 0 Å². The van der Waals surface area contributed by atoms with Crippen LogP contribution in [-0.4, -0.2) is 50.3 Å². The van der Waals surface area contributed by atoms with Gasteiger partial charge in [-0.2, -0.15) is 0 Å². The number of hydrogen-bond acceptors (Lipinski definition) is 3. The van der Waals surface area contributed by atoms with E-state index in [0.717, 1.165) is 19.7 Å².